The van der Waals surface area contributed by atoms with E-state index in [2.05, 4.69) is 78.0 Å². The lowest BCUT2D eigenvalue weighted by Crippen LogP contribution is -2.33. The summed E-state index contributed by atoms with van der Waals surface area (Å²) in [5, 5.41) is 10.1. The molecule has 4 rings (SSSR count). The number of aromatic nitrogens is 6. The van der Waals surface area contributed by atoms with Crippen molar-refractivity contribution in [3.8, 4) is 0 Å². The van der Waals surface area contributed by atoms with Crippen LogP contribution >= 0.6 is 15.9 Å². The number of imidazole rings is 1. The minimum Gasteiger partial charge on any atom is -0.444 e. The number of rotatable bonds is 12. The molecule has 1 aromatic carbocycles. The summed E-state index contributed by atoms with van der Waals surface area (Å²) in [6.07, 6.45) is 4.98. The first kappa shape index (κ1) is 32.9. The van der Waals surface area contributed by atoms with Gasteiger partial charge in [0.25, 0.3) is 5.16 Å². The number of halogens is 1. The maximum absolute atomic E-state index is 12.3. The molecule has 3 heterocycles. The molecule has 0 radical (unpaired) electrons. The first-order chi connectivity index (χ1) is 20.0. The Morgan fingerprint density at radius 1 is 1.12 bits per heavy atom. The number of hydrogen-bond acceptors (Lipinski definition) is 9. The van der Waals surface area contributed by atoms with Crippen LogP contribution in [-0.2, 0) is 34.1 Å². The Morgan fingerprint density at radius 2 is 1.86 bits per heavy atom. The standard InChI is InChI=1S/C28H41BrN8O4SSi/c1-28(2,3)41-27(38)30-13-12-19-10-11-22-21(16-19)33-23(36(22)14-8-9-15-43(5,6)7)18-31-25-35-26(42(4,39)40)34-24-20(29)17-32-37(24)25/h10-11,16-17H,8-9,12-15,18H2,1-7H3,(H,30,38)(H,31,34,35). The molecule has 0 aliphatic carbocycles. The second-order valence-electron chi connectivity index (χ2n) is 12.9. The van der Waals surface area contributed by atoms with Gasteiger partial charge < -0.3 is 19.9 Å². The fraction of sp³-hybridized carbons (Fsp3) is 0.536. The fourth-order valence-electron chi connectivity index (χ4n) is 4.58. The molecule has 15 heteroatoms. The molecule has 0 atom stereocenters. The van der Waals surface area contributed by atoms with Crippen LogP contribution in [0, 0.1) is 0 Å². The van der Waals surface area contributed by atoms with E-state index in [0.717, 1.165) is 48.1 Å². The van der Waals surface area contributed by atoms with Crippen molar-refractivity contribution in [1.29, 1.82) is 0 Å². The lowest BCUT2D eigenvalue weighted by molar-refractivity contribution is 0.0528. The number of carbonyl (C=O) groups is 1. The van der Waals surface area contributed by atoms with E-state index in [1.807, 2.05) is 26.8 Å². The summed E-state index contributed by atoms with van der Waals surface area (Å²) in [6, 6.07) is 7.43. The molecule has 0 fully saturated rings. The van der Waals surface area contributed by atoms with Crippen LogP contribution in [-0.4, -0.2) is 70.1 Å². The lowest BCUT2D eigenvalue weighted by Gasteiger charge is -2.19. The minimum atomic E-state index is -3.65. The Balaban J connectivity index is 1.58. The number of unbranched alkanes of at least 4 members (excludes halogenated alkanes) is 1. The Hall–Kier alpha value is -3.04. The maximum atomic E-state index is 12.3. The quantitative estimate of drug-likeness (QED) is 0.146. The van der Waals surface area contributed by atoms with Crippen molar-refractivity contribution in [2.45, 2.75) is 89.6 Å². The van der Waals surface area contributed by atoms with Crippen LogP contribution in [0.25, 0.3) is 16.7 Å². The third kappa shape index (κ3) is 8.98. The van der Waals surface area contributed by atoms with Gasteiger partial charge in [-0.1, -0.05) is 38.2 Å². The molecule has 0 aliphatic rings. The van der Waals surface area contributed by atoms with Crippen molar-refractivity contribution in [1.82, 2.24) is 34.4 Å². The molecule has 0 bridgehead atoms. The summed E-state index contributed by atoms with van der Waals surface area (Å²) in [6.45, 7) is 14.2. The number of fused-ring (bicyclic) bond motifs is 2. The van der Waals surface area contributed by atoms with Crippen LogP contribution in [0.2, 0.25) is 25.7 Å². The SMILES string of the molecule is CC(C)(C)OC(=O)NCCc1ccc2c(c1)nc(CNc1nc(S(C)(=O)=O)nc3c(Br)cnn13)n2CCCC[Si](C)(C)C. The monoisotopic (exact) mass is 692 g/mol. The number of amides is 1. The van der Waals surface area contributed by atoms with E-state index in [4.69, 9.17) is 9.72 Å². The molecule has 1 amide bonds. The van der Waals surface area contributed by atoms with Crippen LogP contribution in [0.15, 0.2) is 34.0 Å². The second kappa shape index (κ2) is 12.9. The van der Waals surface area contributed by atoms with Crippen molar-refractivity contribution in [2.75, 3.05) is 18.1 Å². The van der Waals surface area contributed by atoms with E-state index in [1.54, 1.807) is 6.20 Å². The van der Waals surface area contributed by atoms with Gasteiger partial charge in [-0.15, -0.1) is 0 Å². The number of nitrogens with one attached hydrogen (secondary N) is 2. The molecular weight excluding hydrogens is 652 g/mol. The summed E-state index contributed by atoms with van der Waals surface area (Å²) in [7, 11) is -4.80. The number of nitrogens with zero attached hydrogens (tertiary/aromatic N) is 6. The third-order valence-electron chi connectivity index (χ3n) is 6.57. The molecule has 0 saturated carbocycles. The molecule has 12 nitrogen and oxygen atoms in total. The number of carbonyl (C=O) groups excluding carboxylic acids is 1. The predicted molar refractivity (Wildman–Crippen MR) is 174 cm³/mol. The molecule has 0 spiro atoms. The van der Waals surface area contributed by atoms with Crippen molar-refractivity contribution < 1.29 is 17.9 Å². The van der Waals surface area contributed by atoms with Crippen molar-refractivity contribution >= 4 is 62.6 Å². The van der Waals surface area contributed by atoms with Gasteiger partial charge in [0.05, 0.1) is 28.2 Å². The normalized spacial score (nSPS) is 12.7. The molecule has 0 unspecified atom stereocenters. The van der Waals surface area contributed by atoms with Gasteiger partial charge in [-0.25, -0.2) is 18.2 Å². The van der Waals surface area contributed by atoms with E-state index >= 15 is 0 Å². The highest BCUT2D eigenvalue weighted by molar-refractivity contribution is 9.10. The number of aryl methyl sites for hydroxylation is 1. The number of ether oxygens (including phenoxy) is 1. The summed E-state index contributed by atoms with van der Waals surface area (Å²) in [5.74, 6) is 1.05. The van der Waals surface area contributed by atoms with Gasteiger partial charge in [0, 0.05) is 27.4 Å². The fourth-order valence-corrected chi connectivity index (χ4v) is 6.75. The Morgan fingerprint density at radius 3 is 2.53 bits per heavy atom. The molecular formula is C28H41BrN8O4SSi. The minimum absolute atomic E-state index is 0.252. The molecule has 2 N–H and O–H groups in total. The van der Waals surface area contributed by atoms with Crippen LogP contribution in [0.4, 0.5) is 10.7 Å². The number of hydrogen-bond donors (Lipinski definition) is 2. The van der Waals surface area contributed by atoms with Gasteiger partial charge in [0.2, 0.25) is 15.8 Å². The molecule has 3 aromatic heterocycles. The topological polar surface area (TPSA) is 145 Å². The predicted octanol–water partition coefficient (Wildman–Crippen LogP) is 5.44. The second-order valence-corrected chi connectivity index (χ2v) is 21.3. The average Bonchev–Trinajstić information content (AvgIpc) is 3.42. The first-order valence-corrected chi connectivity index (χ1v) is 20.7. The number of benzene rings is 1. The van der Waals surface area contributed by atoms with Crippen LogP contribution in [0.3, 0.4) is 0 Å². The highest BCUT2D eigenvalue weighted by Gasteiger charge is 2.20. The van der Waals surface area contributed by atoms with Crippen LogP contribution in [0.5, 0.6) is 0 Å². The Bertz CT molecular complexity index is 1720. The van der Waals surface area contributed by atoms with E-state index in [9.17, 15) is 13.2 Å². The maximum Gasteiger partial charge on any atom is 0.407 e. The van der Waals surface area contributed by atoms with E-state index < -0.39 is 29.6 Å². The summed E-state index contributed by atoms with van der Waals surface area (Å²) < 4.78 is 34.1. The third-order valence-corrected chi connectivity index (χ3v) is 9.83. The Labute approximate surface area is 262 Å². The number of anilines is 1. The number of alkyl carbamates (subject to hydrolysis) is 1. The van der Waals surface area contributed by atoms with Crippen molar-refractivity contribution in [3.05, 3.63) is 40.3 Å². The van der Waals surface area contributed by atoms with Gasteiger partial charge in [-0.2, -0.15) is 19.6 Å². The van der Waals surface area contributed by atoms with E-state index in [-0.39, 0.29) is 11.1 Å². The molecule has 43 heavy (non-hydrogen) atoms. The van der Waals surface area contributed by atoms with Gasteiger partial charge >= 0.3 is 6.09 Å². The smallest absolute Gasteiger partial charge is 0.407 e. The number of sulfone groups is 1. The first-order valence-electron chi connectivity index (χ1n) is 14.3. The molecule has 0 aliphatic heterocycles. The lowest BCUT2D eigenvalue weighted by atomic mass is 10.1. The van der Waals surface area contributed by atoms with Gasteiger partial charge in [-0.3, -0.25) is 0 Å². The average molecular weight is 694 g/mol. The zero-order valence-corrected chi connectivity index (χ0v) is 29.3. The van der Waals surface area contributed by atoms with Crippen LogP contribution in [0.1, 0.15) is 45.0 Å². The van der Waals surface area contributed by atoms with Crippen molar-refractivity contribution in [2.24, 2.45) is 0 Å². The highest BCUT2D eigenvalue weighted by atomic mass is 79.9. The van der Waals surface area contributed by atoms with Gasteiger partial charge in [0.1, 0.15) is 11.4 Å². The zero-order valence-electron chi connectivity index (χ0n) is 25.9. The Kier molecular flexibility index (Phi) is 9.86. The molecule has 0 saturated heterocycles. The molecule has 234 valence electrons. The highest BCUT2D eigenvalue weighted by Crippen LogP contribution is 2.23. The van der Waals surface area contributed by atoms with Gasteiger partial charge in [0.15, 0.2) is 5.65 Å². The largest absolute Gasteiger partial charge is 0.444 e. The van der Waals surface area contributed by atoms with E-state index in [1.165, 1.54) is 10.6 Å². The molecule has 4 aromatic rings. The van der Waals surface area contributed by atoms with Crippen LogP contribution < -0.4 is 10.6 Å². The van der Waals surface area contributed by atoms with Gasteiger partial charge in [-0.05, 0) is 67.2 Å². The summed E-state index contributed by atoms with van der Waals surface area (Å²) in [5.41, 5.74) is 2.71. The van der Waals surface area contributed by atoms with E-state index in [0.29, 0.717) is 29.6 Å². The zero-order chi connectivity index (χ0) is 31.6. The summed E-state index contributed by atoms with van der Waals surface area (Å²) >= 11 is 3.39. The van der Waals surface area contributed by atoms with Crippen molar-refractivity contribution in [3.63, 3.8) is 0 Å². The summed E-state index contributed by atoms with van der Waals surface area (Å²) in [4.78, 5) is 25.4.